The number of nitrogens with zero attached hydrogens (tertiary/aromatic N) is 5. The minimum absolute atomic E-state index is 0.0900. The fourth-order valence-electron chi connectivity index (χ4n) is 11.5. The number of fused-ring (bicyclic) bond motifs is 2. The number of methoxy groups -OCH3 is 2. The van der Waals surface area contributed by atoms with Crippen molar-refractivity contribution in [3.8, 4) is 0 Å². The Bertz CT molecular complexity index is 2510. The Morgan fingerprint density at radius 1 is 0.618 bits per heavy atom. The lowest BCUT2D eigenvalue weighted by Gasteiger charge is -2.34. The van der Waals surface area contributed by atoms with Gasteiger partial charge in [0.05, 0.1) is 60.5 Å². The number of alkyl carbamates (subject to hydrolysis) is 2. The molecule has 3 aromatic carbocycles. The quantitative estimate of drug-likeness (QED) is 0.0948. The summed E-state index contributed by atoms with van der Waals surface area (Å²) < 4.78 is 26.1. The van der Waals surface area contributed by atoms with Crippen LogP contribution in [0.3, 0.4) is 0 Å². The van der Waals surface area contributed by atoms with E-state index in [-0.39, 0.29) is 59.6 Å². The van der Waals surface area contributed by atoms with Gasteiger partial charge in [-0.2, -0.15) is 0 Å². The third-order valence-corrected chi connectivity index (χ3v) is 15.0. The van der Waals surface area contributed by atoms with Gasteiger partial charge in [0.15, 0.2) is 0 Å². The molecule has 1 unspecified atom stereocenters. The zero-order valence-electron chi connectivity index (χ0n) is 40.1. The molecule has 4 fully saturated rings. The second-order valence-electron chi connectivity index (χ2n) is 19.9. The molecule has 1 aliphatic carbocycles. The van der Waals surface area contributed by atoms with E-state index in [0.717, 1.165) is 109 Å². The third kappa shape index (κ3) is 9.22. The van der Waals surface area contributed by atoms with E-state index < -0.39 is 24.3 Å². The molecule has 5 aromatic rings. The molecule has 362 valence electrons. The summed E-state index contributed by atoms with van der Waals surface area (Å²) in [6, 6.07) is 16.3. The Hall–Kier alpha value is -6.19. The van der Waals surface area contributed by atoms with E-state index in [1.54, 1.807) is 6.07 Å². The molecule has 0 bridgehead atoms. The van der Waals surface area contributed by atoms with Crippen molar-refractivity contribution in [3.05, 3.63) is 88.8 Å². The Morgan fingerprint density at radius 2 is 1.16 bits per heavy atom. The Labute approximate surface area is 397 Å². The van der Waals surface area contributed by atoms with Crippen LogP contribution < -0.4 is 15.5 Å². The Morgan fingerprint density at radius 3 is 1.72 bits per heavy atom. The third-order valence-electron chi connectivity index (χ3n) is 15.0. The smallest absolute Gasteiger partial charge is 0.407 e. The van der Waals surface area contributed by atoms with E-state index in [1.807, 2.05) is 49.6 Å². The molecule has 6 atom stereocenters. The van der Waals surface area contributed by atoms with Gasteiger partial charge in [0.25, 0.3) is 0 Å². The zero-order chi connectivity index (χ0) is 47.8. The molecule has 4 amide bonds. The van der Waals surface area contributed by atoms with Crippen LogP contribution >= 0.6 is 0 Å². The van der Waals surface area contributed by atoms with Crippen LogP contribution in [-0.2, 0) is 19.1 Å². The van der Waals surface area contributed by atoms with Crippen LogP contribution in [0.15, 0.2) is 54.6 Å². The molecule has 2 aromatic heterocycles. The topological polar surface area (TPSA) is 178 Å². The predicted molar refractivity (Wildman–Crippen MR) is 257 cm³/mol. The number of aromatic amines is 2. The van der Waals surface area contributed by atoms with Crippen LogP contribution in [0.5, 0.6) is 0 Å². The molecule has 0 radical (unpaired) electrons. The lowest BCUT2D eigenvalue weighted by atomic mass is 9.84. The normalized spacial score (nSPS) is 22.1. The molecule has 4 N–H and O–H groups in total. The highest BCUT2D eigenvalue weighted by atomic mass is 19.1. The van der Waals surface area contributed by atoms with E-state index in [1.165, 1.54) is 20.6 Å². The van der Waals surface area contributed by atoms with E-state index in [2.05, 4.69) is 61.9 Å². The zero-order valence-corrected chi connectivity index (χ0v) is 40.1. The average Bonchev–Trinajstić information content (AvgIpc) is 4.20. The molecule has 9 rings (SSSR count). The monoisotopic (exact) mass is 932 g/mol. The number of nitrogens with one attached hydrogen (secondary N) is 4. The number of aromatic nitrogens is 4. The summed E-state index contributed by atoms with van der Waals surface area (Å²) in [6.45, 7) is 8.74. The van der Waals surface area contributed by atoms with Crippen LogP contribution in [0.1, 0.15) is 157 Å². The van der Waals surface area contributed by atoms with Gasteiger partial charge in [0, 0.05) is 18.8 Å². The number of carbonyl (C=O) groups is 4. The van der Waals surface area contributed by atoms with Crippen molar-refractivity contribution in [2.24, 2.45) is 11.8 Å². The number of halogens is 1. The van der Waals surface area contributed by atoms with Crippen LogP contribution in [0.4, 0.5) is 19.7 Å². The van der Waals surface area contributed by atoms with Crippen molar-refractivity contribution in [1.82, 2.24) is 40.4 Å². The van der Waals surface area contributed by atoms with Crippen molar-refractivity contribution in [2.75, 3.05) is 32.2 Å². The molecule has 1 saturated carbocycles. The fraction of sp³-hybridized carbons (Fsp3) is 0.538. The largest absolute Gasteiger partial charge is 0.453 e. The van der Waals surface area contributed by atoms with Crippen LogP contribution in [-0.4, -0.2) is 93.1 Å². The molecule has 5 heterocycles. The molecule has 0 spiro atoms. The summed E-state index contributed by atoms with van der Waals surface area (Å²) in [7, 11) is 2.58. The fourth-order valence-corrected chi connectivity index (χ4v) is 11.5. The Balaban J connectivity index is 1.02. The summed E-state index contributed by atoms with van der Waals surface area (Å²) in [5, 5.41) is 5.46. The maximum Gasteiger partial charge on any atom is 0.407 e. The summed E-state index contributed by atoms with van der Waals surface area (Å²) in [4.78, 5) is 75.4. The van der Waals surface area contributed by atoms with Gasteiger partial charge in [-0.05, 0) is 122 Å². The van der Waals surface area contributed by atoms with E-state index >= 15 is 4.39 Å². The van der Waals surface area contributed by atoms with E-state index in [9.17, 15) is 19.2 Å². The van der Waals surface area contributed by atoms with Crippen molar-refractivity contribution >= 4 is 51.8 Å². The molecule has 3 saturated heterocycles. The second kappa shape index (κ2) is 19.8. The van der Waals surface area contributed by atoms with Gasteiger partial charge in [-0.25, -0.2) is 23.9 Å². The highest BCUT2D eigenvalue weighted by molar-refractivity contribution is 5.87. The number of anilines is 1. The number of hydrogen-bond acceptors (Lipinski definition) is 9. The van der Waals surface area contributed by atoms with Crippen molar-refractivity contribution < 1.29 is 33.0 Å². The number of carbonyl (C=O) groups excluding carboxylic acids is 4. The molecule has 68 heavy (non-hydrogen) atoms. The first-order valence-electron chi connectivity index (χ1n) is 24.7. The van der Waals surface area contributed by atoms with Gasteiger partial charge in [-0.3, -0.25) is 9.59 Å². The second-order valence-corrected chi connectivity index (χ2v) is 19.9. The van der Waals surface area contributed by atoms with Gasteiger partial charge in [-0.1, -0.05) is 65.2 Å². The molecule has 15 nitrogen and oxygen atoms in total. The molecule has 3 aliphatic heterocycles. The number of benzene rings is 3. The van der Waals surface area contributed by atoms with E-state index in [0.29, 0.717) is 24.7 Å². The first kappa shape index (κ1) is 46.9. The van der Waals surface area contributed by atoms with Gasteiger partial charge in [-0.15, -0.1) is 0 Å². The van der Waals surface area contributed by atoms with Crippen molar-refractivity contribution in [1.29, 1.82) is 0 Å². The lowest BCUT2D eigenvalue weighted by Crippen LogP contribution is -2.51. The minimum Gasteiger partial charge on any atom is -0.453 e. The minimum atomic E-state index is -0.730. The van der Waals surface area contributed by atoms with Gasteiger partial charge < -0.3 is 44.8 Å². The first-order chi connectivity index (χ1) is 32.8. The number of imidazole rings is 2. The first-order valence-corrected chi connectivity index (χ1v) is 24.7. The number of hydrogen-bond donors (Lipinski definition) is 4. The predicted octanol–water partition coefficient (Wildman–Crippen LogP) is 9.80. The molecule has 4 aliphatic rings. The molecular formula is C52H66FN9O6. The van der Waals surface area contributed by atoms with E-state index in [4.69, 9.17) is 19.4 Å². The highest BCUT2D eigenvalue weighted by Crippen LogP contribution is 2.49. The maximum absolute atomic E-state index is 16.4. The number of likely N-dealkylation sites (tertiary alicyclic amines) is 2. The van der Waals surface area contributed by atoms with Crippen LogP contribution in [0, 0.1) is 17.7 Å². The van der Waals surface area contributed by atoms with Gasteiger partial charge in [0.2, 0.25) is 11.8 Å². The molecule has 16 heteroatoms. The van der Waals surface area contributed by atoms with Crippen molar-refractivity contribution in [2.45, 2.75) is 140 Å². The standard InChI is InChI=1S/C52H66FN9O6/c1-29(2)45(58-51(65)67-5)49(63)60-24-10-14-43(60)47-54-37-20-16-32(26-39(37)56-47)41-22-23-42(62(41)34-18-19-35(36(53)28-34)31-12-8-7-9-13-31)33-17-21-38-40(27-33)57-48(55-38)44-15-11-25-61(44)50(64)46(30(3)4)59-52(66)68-6/h16-21,26-31,41-46H,7-15,22-25H2,1-6H3,(H,54,56)(H,55,57)(H,58,65)(H,59,66)/t41-,42-,43+,44+,45+,46?/m1/s1. The Kier molecular flexibility index (Phi) is 13.7. The molecular weight excluding hydrogens is 866 g/mol. The summed E-state index contributed by atoms with van der Waals surface area (Å²) >= 11 is 0. The lowest BCUT2D eigenvalue weighted by molar-refractivity contribution is -0.136. The van der Waals surface area contributed by atoms with Gasteiger partial charge in [0.1, 0.15) is 29.5 Å². The maximum atomic E-state index is 16.4. The van der Waals surface area contributed by atoms with Gasteiger partial charge >= 0.3 is 12.2 Å². The number of H-pyrrole nitrogens is 2. The number of amides is 4. The summed E-state index contributed by atoms with van der Waals surface area (Å²) in [5.41, 5.74) is 7.07. The highest BCUT2D eigenvalue weighted by Gasteiger charge is 2.41. The summed E-state index contributed by atoms with van der Waals surface area (Å²) in [5.74, 6) is 0.887. The summed E-state index contributed by atoms with van der Waals surface area (Å²) in [6.07, 6.45) is 8.93. The average molecular weight is 932 g/mol. The van der Waals surface area contributed by atoms with Crippen LogP contribution in [0.25, 0.3) is 22.1 Å². The SMILES string of the molecule is COC(=O)NC(C(=O)N1CCC[C@H]1c1nc2cc([C@H]3CC[C@H](c4ccc5nc([C@@H]6CCCN6C(=O)[C@@H](NC(=O)OC)C(C)C)[nH]c5c4)N3c3ccc(C4CCCCC4)c(F)c3)ccc2[nH]1)C(C)C. The number of ether oxygens (including phenoxy) is 2. The van der Waals surface area contributed by atoms with Crippen LogP contribution in [0.2, 0.25) is 0 Å². The van der Waals surface area contributed by atoms with Crippen molar-refractivity contribution in [3.63, 3.8) is 0 Å². The number of rotatable bonds is 12.